The van der Waals surface area contributed by atoms with Crippen LogP contribution in [0.3, 0.4) is 0 Å². The quantitative estimate of drug-likeness (QED) is 0.821. The van der Waals surface area contributed by atoms with E-state index in [2.05, 4.69) is 17.3 Å². The van der Waals surface area contributed by atoms with Gasteiger partial charge >= 0.3 is 0 Å². The van der Waals surface area contributed by atoms with Crippen molar-refractivity contribution in [1.82, 2.24) is 9.78 Å². The van der Waals surface area contributed by atoms with Gasteiger partial charge in [-0.25, -0.2) is 0 Å². The molecular formula is C11H19N3O. The van der Waals surface area contributed by atoms with Gasteiger partial charge in [-0.05, 0) is 26.2 Å². The number of hydrogen-bond donors (Lipinski definition) is 1. The average molecular weight is 209 g/mol. The molecule has 4 heteroatoms. The van der Waals surface area contributed by atoms with Crippen LogP contribution < -0.4 is 5.32 Å². The lowest BCUT2D eigenvalue weighted by atomic mass is 10.1. The number of aromatic nitrogens is 2. The summed E-state index contributed by atoms with van der Waals surface area (Å²) in [6.07, 6.45) is 5.74. The highest BCUT2D eigenvalue weighted by molar-refractivity contribution is 5.34. The molecule has 1 N–H and O–H groups in total. The second kappa shape index (κ2) is 4.66. The van der Waals surface area contributed by atoms with Gasteiger partial charge in [0.05, 0.1) is 12.3 Å². The third kappa shape index (κ3) is 2.72. The van der Waals surface area contributed by atoms with E-state index < -0.39 is 0 Å². The summed E-state index contributed by atoms with van der Waals surface area (Å²) in [5, 5.41) is 7.56. The van der Waals surface area contributed by atoms with Crippen molar-refractivity contribution < 1.29 is 4.74 Å². The van der Waals surface area contributed by atoms with Crippen LogP contribution in [0.5, 0.6) is 0 Å². The lowest BCUT2D eigenvalue weighted by Gasteiger charge is -2.18. The van der Waals surface area contributed by atoms with Gasteiger partial charge in [0.1, 0.15) is 5.82 Å². The first-order valence-corrected chi connectivity index (χ1v) is 5.62. The third-order valence-corrected chi connectivity index (χ3v) is 2.86. The first-order valence-electron chi connectivity index (χ1n) is 5.62. The Morgan fingerprint density at radius 2 is 2.60 bits per heavy atom. The van der Waals surface area contributed by atoms with Crippen LogP contribution in [-0.4, -0.2) is 28.5 Å². The van der Waals surface area contributed by atoms with E-state index >= 15 is 0 Å². The molecule has 1 fully saturated rings. The maximum absolute atomic E-state index is 5.61. The number of aryl methyl sites for hydroxylation is 1. The van der Waals surface area contributed by atoms with Crippen molar-refractivity contribution in [2.24, 2.45) is 7.05 Å². The Balaban J connectivity index is 1.81. The van der Waals surface area contributed by atoms with Gasteiger partial charge in [-0.3, -0.25) is 4.68 Å². The Hall–Kier alpha value is -1.03. The van der Waals surface area contributed by atoms with Gasteiger partial charge < -0.3 is 10.1 Å². The van der Waals surface area contributed by atoms with Gasteiger partial charge in [0.15, 0.2) is 0 Å². The van der Waals surface area contributed by atoms with Crippen LogP contribution in [0.15, 0.2) is 12.3 Å². The number of nitrogens with zero attached hydrogens (tertiary/aromatic N) is 2. The molecule has 0 radical (unpaired) electrons. The highest BCUT2D eigenvalue weighted by Crippen LogP contribution is 2.18. The zero-order valence-corrected chi connectivity index (χ0v) is 9.44. The summed E-state index contributed by atoms with van der Waals surface area (Å²) < 4.78 is 7.46. The Labute approximate surface area is 90.6 Å². The number of rotatable bonds is 4. The average Bonchev–Trinajstić information content (AvgIpc) is 2.79. The van der Waals surface area contributed by atoms with E-state index in [-0.39, 0.29) is 0 Å². The van der Waals surface area contributed by atoms with Crippen molar-refractivity contribution in [3.05, 3.63) is 12.3 Å². The molecule has 15 heavy (non-hydrogen) atoms. The molecule has 1 aromatic heterocycles. The van der Waals surface area contributed by atoms with Crippen molar-refractivity contribution in [2.75, 3.05) is 11.9 Å². The van der Waals surface area contributed by atoms with E-state index in [1.54, 1.807) is 6.20 Å². The van der Waals surface area contributed by atoms with Gasteiger partial charge in [0.2, 0.25) is 0 Å². The molecule has 0 bridgehead atoms. The SMILES string of the molecule is CC(CC1CCCO1)Nc1ccnn1C. The van der Waals surface area contributed by atoms with E-state index in [9.17, 15) is 0 Å². The monoisotopic (exact) mass is 209 g/mol. The first kappa shape index (κ1) is 10.5. The van der Waals surface area contributed by atoms with Crippen LogP contribution in [-0.2, 0) is 11.8 Å². The van der Waals surface area contributed by atoms with Gasteiger partial charge in [0.25, 0.3) is 0 Å². The lowest BCUT2D eigenvalue weighted by Crippen LogP contribution is -2.23. The molecule has 2 heterocycles. The smallest absolute Gasteiger partial charge is 0.124 e. The largest absolute Gasteiger partial charge is 0.378 e. The molecule has 1 saturated heterocycles. The molecule has 84 valence electrons. The van der Waals surface area contributed by atoms with Crippen molar-refractivity contribution in [1.29, 1.82) is 0 Å². The summed E-state index contributed by atoms with van der Waals surface area (Å²) in [6.45, 7) is 3.12. The summed E-state index contributed by atoms with van der Waals surface area (Å²) in [7, 11) is 1.95. The van der Waals surface area contributed by atoms with E-state index in [4.69, 9.17) is 4.74 Å². The molecule has 0 aromatic carbocycles. The van der Waals surface area contributed by atoms with Crippen LogP contribution in [0.25, 0.3) is 0 Å². The molecule has 2 rings (SSSR count). The van der Waals surface area contributed by atoms with Crippen LogP contribution in [0.1, 0.15) is 26.2 Å². The van der Waals surface area contributed by atoms with Crippen molar-refractivity contribution >= 4 is 5.82 Å². The minimum atomic E-state index is 0.434. The summed E-state index contributed by atoms with van der Waals surface area (Å²) in [5.74, 6) is 1.07. The highest BCUT2D eigenvalue weighted by Gasteiger charge is 2.18. The minimum Gasteiger partial charge on any atom is -0.378 e. The number of hydrogen-bond acceptors (Lipinski definition) is 3. The van der Waals surface area contributed by atoms with Gasteiger partial charge in [-0.1, -0.05) is 0 Å². The molecule has 0 aliphatic carbocycles. The summed E-state index contributed by atoms with van der Waals surface area (Å²) in [4.78, 5) is 0. The second-order valence-corrected chi connectivity index (χ2v) is 4.26. The van der Waals surface area contributed by atoms with Gasteiger partial charge in [-0.15, -0.1) is 0 Å². The molecule has 0 amide bonds. The number of nitrogens with one attached hydrogen (secondary N) is 1. The normalized spacial score (nSPS) is 22.9. The second-order valence-electron chi connectivity index (χ2n) is 4.26. The fourth-order valence-corrected chi connectivity index (χ4v) is 2.05. The van der Waals surface area contributed by atoms with Gasteiger partial charge in [0, 0.05) is 25.8 Å². The van der Waals surface area contributed by atoms with Crippen LogP contribution in [0.2, 0.25) is 0 Å². The maximum atomic E-state index is 5.61. The first-order chi connectivity index (χ1) is 7.25. The summed E-state index contributed by atoms with van der Waals surface area (Å²) in [5.41, 5.74) is 0. The predicted octanol–water partition coefficient (Wildman–Crippen LogP) is 1.79. The number of ether oxygens (including phenoxy) is 1. The Bertz CT molecular complexity index is 305. The third-order valence-electron chi connectivity index (χ3n) is 2.86. The van der Waals surface area contributed by atoms with E-state index in [0.29, 0.717) is 12.1 Å². The molecule has 1 aromatic rings. The lowest BCUT2D eigenvalue weighted by molar-refractivity contribution is 0.101. The standard InChI is InChI=1S/C11H19N3O/c1-9(8-10-4-3-7-15-10)13-11-5-6-12-14(11)2/h5-6,9-10,13H,3-4,7-8H2,1-2H3. The van der Waals surface area contributed by atoms with Crippen molar-refractivity contribution in [2.45, 2.75) is 38.3 Å². The fourth-order valence-electron chi connectivity index (χ4n) is 2.05. The zero-order valence-electron chi connectivity index (χ0n) is 9.44. The molecular weight excluding hydrogens is 190 g/mol. The Morgan fingerprint density at radius 1 is 1.73 bits per heavy atom. The molecule has 4 nitrogen and oxygen atoms in total. The van der Waals surface area contributed by atoms with E-state index in [0.717, 1.165) is 18.8 Å². The maximum Gasteiger partial charge on any atom is 0.124 e. The van der Waals surface area contributed by atoms with Crippen molar-refractivity contribution in [3.8, 4) is 0 Å². The topological polar surface area (TPSA) is 39.1 Å². The zero-order chi connectivity index (χ0) is 10.7. The summed E-state index contributed by atoms with van der Waals surface area (Å²) in [6, 6.07) is 2.43. The molecule has 1 aliphatic rings. The summed E-state index contributed by atoms with van der Waals surface area (Å²) >= 11 is 0. The number of anilines is 1. The van der Waals surface area contributed by atoms with Crippen LogP contribution in [0, 0.1) is 0 Å². The highest BCUT2D eigenvalue weighted by atomic mass is 16.5. The molecule has 0 saturated carbocycles. The Morgan fingerprint density at radius 3 is 3.20 bits per heavy atom. The molecule has 2 atom stereocenters. The van der Waals surface area contributed by atoms with E-state index in [1.165, 1.54) is 12.8 Å². The van der Waals surface area contributed by atoms with Crippen LogP contribution in [0.4, 0.5) is 5.82 Å². The van der Waals surface area contributed by atoms with Crippen LogP contribution >= 0.6 is 0 Å². The van der Waals surface area contributed by atoms with Gasteiger partial charge in [-0.2, -0.15) is 5.10 Å². The molecule has 0 spiro atoms. The minimum absolute atomic E-state index is 0.434. The van der Waals surface area contributed by atoms with E-state index in [1.807, 2.05) is 17.8 Å². The van der Waals surface area contributed by atoms with Crippen molar-refractivity contribution in [3.63, 3.8) is 0 Å². The Kier molecular flexibility index (Phi) is 3.26. The molecule has 1 aliphatic heterocycles. The molecule has 2 unspecified atom stereocenters. The predicted molar refractivity (Wildman–Crippen MR) is 59.9 cm³/mol. The fraction of sp³-hybridized carbons (Fsp3) is 0.727.